The molecule has 1 aliphatic heterocycles. The third-order valence-corrected chi connectivity index (χ3v) is 8.32. The molecule has 1 N–H and O–H groups in total. The average molecular weight is 568 g/mol. The summed E-state index contributed by atoms with van der Waals surface area (Å²) in [5.41, 5.74) is 3.05. The molecule has 2 aromatic carbocycles. The highest BCUT2D eigenvalue weighted by Crippen LogP contribution is 2.33. The molecule has 0 atom stereocenters. The summed E-state index contributed by atoms with van der Waals surface area (Å²) in [5.74, 6) is -1.64. The Morgan fingerprint density at radius 1 is 1.05 bits per heavy atom. The van der Waals surface area contributed by atoms with Crippen molar-refractivity contribution in [1.29, 1.82) is 0 Å². The summed E-state index contributed by atoms with van der Waals surface area (Å²) < 4.78 is 38.2. The summed E-state index contributed by atoms with van der Waals surface area (Å²) in [7, 11) is 5.55. The number of nitrogens with one attached hydrogen (secondary N) is 1. The van der Waals surface area contributed by atoms with Gasteiger partial charge in [0.1, 0.15) is 0 Å². The molecule has 8 nitrogen and oxygen atoms in total. The Kier molecular flexibility index (Phi) is 8.84. The highest BCUT2D eigenvalue weighted by Gasteiger charge is 2.20. The third kappa shape index (κ3) is 6.22. The van der Waals surface area contributed by atoms with Crippen molar-refractivity contribution in [2.24, 2.45) is 0 Å². The van der Waals surface area contributed by atoms with Gasteiger partial charge < -0.3 is 19.9 Å². The van der Waals surface area contributed by atoms with E-state index in [1.807, 2.05) is 18.0 Å². The smallest absolute Gasteiger partial charge is 0.201 e. The van der Waals surface area contributed by atoms with Crippen molar-refractivity contribution in [1.82, 2.24) is 28.5 Å². The molecule has 4 aromatic rings. The predicted molar refractivity (Wildman–Crippen MR) is 156 cm³/mol. The highest BCUT2D eigenvalue weighted by atomic mass is 32.2. The van der Waals surface area contributed by atoms with Crippen molar-refractivity contribution in [2.75, 3.05) is 65.8 Å². The van der Waals surface area contributed by atoms with Crippen LogP contribution in [0.2, 0.25) is 0 Å². The van der Waals surface area contributed by atoms with E-state index in [4.69, 9.17) is 4.74 Å². The first-order valence-electron chi connectivity index (χ1n) is 13.4. The fourth-order valence-corrected chi connectivity index (χ4v) is 5.81. The molecule has 212 valence electrons. The van der Waals surface area contributed by atoms with E-state index < -0.39 is 11.6 Å². The second kappa shape index (κ2) is 12.5. The summed E-state index contributed by atoms with van der Waals surface area (Å²) in [6, 6.07) is 9.13. The van der Waals surface area contributed by atoms with Gasteiger partial charge in [-0.2, -0.15) is 4.39 Å². The molecule has 0 unspecified atom stereocenters. The van der Waals surface area contributed by atoms with Gasteiger partial charge in [-0.1, -0.05) is 0 Å². The molecule has 0 radical (unpaired) electrons. The maximum Gasteiger partial charge on any atom is 0.201 e. The molecule has 0 spiro atoms. The Hall–Kier alpha value is -3.25. The zero-order valence-electron chi connectivity index (χ0n) is 23.3. The van der Waals surface area contributed by atoms with Gasteiger partial charge in [-0.15, -0.1) is 0 Å². The van der Waals surface area contributed by atoms with Crippen LogP contribution < -0.4 is 10.1 Å². The minimum atomic E-state index is -1.03. The maximum atomic E-state index is 14.8. The number of imidazole rings is 1. The molecule has 0 aliphatic carbocycles. The Morgan fingerprint density at radius 3 is 2.58 bits per heavy atom. The summed E-state index contributed by atoms with van der Waals surface area (Å²) in [4.78, 5) is 14.9. The minimum Gasteiger partial charge on any atom is -0.494 e. The number of anilines is 2. The van der Waals surface area contributed by atoms with E-state index in [9.17, 15) is 8.78 Å². The number of halogens is 2. The van der Waals surface area contributed by atoms with Gasteiger partial charge in [-0.25, -0.2) is 18.7 Å². The maximum absolute atomic E-state index is 14.8. The van der Waals surface area contributed by atoms with Crippen LogP contribution in [0.5, 0.6) is 5.75 Å². The molecule has 1 saturated heterocycles. The number of ether oxygens (including phenoxy) is 1. The second-order valence-electron chi connectivity index (χ2n) is 10.2. The molecule has 0 bridgehead atoms. The van der Waals surface area contributed by atoms with Gasteiger partial charge in [0, 0.05) is 54.7 Å². The lowest BCUT2D eigenvalue weighted by Crippen LogP contribution is -2.44. The van der Waals surface area contributed by atoms with Gasteiger partial charge in [0.25, 0.3) is 0 Å². The number of aromatic nitrogens is 3. The van der Waals surface area contributed by atoms with Crippen molar-refractivity contribution in [3.63, 3.8) is 0 Å². The van der Waals surface area contributed by atoms with Crippen molar-refractivity contribution in [3.8, 4) is 17.0 Å². The van der Waals surface area contributed by atoms with Crippen LogP contribution in [0.25, 0.3) is 16.9 Å². The van der Waals surface area contributed by atoms with Crippen LogP contribution in [-0.4, -0.2) is 88.9 Å². The molecule has 3 heterocycles. The van der Waals surface area contributed by atoms with Gasteiger partial charge in [-0.05, 0) is 88.4 Å². The number of benzene rings is 2. The third-order valence-electron chi connectivity index (χ3n) is 7.05. The first-order chi connectivity index (χ1) is 19.3. The first kappa shape index (κ1) is 28.3. The molecular weight excluding hydrogens is 532 g/mol. The van der Waals surface area contributed by atoms with Gasteiger partial charge in [0.2, 0.25) is 5.82 Å². The summed E-state index contributed by atoms with van der Waals surface area (Å²) in [6.07, 6.45) is 6.00. The van der Waals surface area contributed by atoms with Gasteiger partial charge >= 0.3 is 0 Å². The lowest BCUT2D eigenvalue weighted by atomic mass is 10.1. The number of fused-ring (bicyclic) bond motifs is 1. The van der Waals surface area contributed by atoms with Gasteiger partial charge in [0.15, 0.2) is 23.0 Å². The van der Waals surface area contributed by atoms with E-state index in [0.29, 0.717) is 17.2 Å². The quantitative estimate of drug-likeness (QED) is 0.259. The minimum absolute atomic E-state index is 0.0922. The van der Waals surface area contributed by atoms with Crippen molar-refractivity contribution >= 4 is 29.1 Å². The number of hydrogen-bond acceptors (Lipinski definition) is 8. The SMILES string of the molecule is COc1ccc(-c2cnc3c(Nc4ccc(SN5CCN(CCCN(C)C)CC5)c(C)c4)nccn23)c(F)c1F. The Morgan fingerprint density at radius 2 is 1.85 bits per heavy atom. The number of methoxy groups -OCH3 is 1. The van der Waals surface area contributed by atoms with Crippen LogP contribution in [-0.2, 0) is 0 Å². The zero-order valence-corrected chi connectivity index (χ0v) is 24.1. The molecule has 1 aliphatic rings. The Labute approximate surface area is 238 Å². The van der Waals surface area contributed by atoms with E-state index in [1.165, 1.54) is 36.8 Å². The van der Waals surface area contributed by atoms with Crippen LogP contribution in [0, 0.1) is 18.6 Å². The standard InChI is InChI=1S/C29H35F2N7OS/c1-20-18-21(6-9-25(20)40-37-16-14-36(15-17-37)12-5-11-35(2)3)34-28-29-33-19-23(38(29)13-10-32-28)22-7-8-24(39-4)27(31)26(22)30/h6-10,13,18-19H,5,11-12,14-17H2,1-4H3,(H,32,34). The van der Waals surface area contributed by atoms with Crippen LogP contribution in [0.3, 0.4) is 0 Å². The fourth-order valence-electron chi connectivity index (χ4n) is 4.85. The molecule has 2 aromatic heterocycles. The zero-order chi connectivity index (χ0) is 28.2. The van der Waals surface area contributed by atoms with Crippen LogP contribution in [0.1, 0.15) is 12.0 Å². The van der Waals surface area contributed by atoms with Crippen molar-refractivity contribution < 1.29 is 13.5 Å². The predicted octanol–water partition coefficient (Wildman–Crippen LogP) is 5.31. The normalized spacial score (nSPS) is 14.8. The average Bonchev–Trinajstić information content (AvgIpc) is 3.37. The molecular formula is C29H35F2N7OS. The molecule has 1 fully saturated rings. The lowest BCUT2D eigenvalue weighted by Gasteiger charge is -2.34. The highest BCUT2D eigenvalue weighted by molar-refractivity contribution is 7.97. The largest absolute Gasteiger partial charge is 0.494 e. The summed E-state index contributed by atoms with van der Waals surface area (Å²) in [5, 5.41) is 3.35. The Bertz CT molecular complexity index is 1470. The second-order valence-corrected chi connectivity index (χ2v) is 11.3. The first-order valence-corrected chi connectivity index (χ1v) is 14.1. The number of piperazine rings is 1. The van der Waals surface area contributed by atoms with Gasteiger partial charge in [-0.3, -0.25) is 4.40 Å². The van der Waals surface area contributed by atoms with Crippen molar-refractivity contribution in [2.45, 2.75) is 18.2 Å². The molecule has 5 rings (SSSR count). The topological polar surface area (TPSA) is 61.2 Å². The van der Waals surface area contributed by atoms with Crippen LogP contribution in [0.15, 0.2) is 53.8 Å². The Balaban J connectivity index is 1.26. The molecule has 0 saturated carbocycles. The van der Waals surface area contributed by atoms with E-state index in [0.717, 1.165) is 50.5 Å². The monoisotopic (exact) mass is 567 g/mol. The van der Waals surface area contributed by atoms with E-state index in [-0.39, 0.29) is 11.3 Å². The molecule has 40 heavy (non-hydrogen) atoms. The number of nitrogens with zero attached hydrogens (tertiary/aromatic N) is 6. The van der Waals surface area contributed by atoms with Crippen LogP contribution >= 0.6 is 11.9 Å². The number of hydrogen-bond donors (Lipinski definition) is 1. The summed E-state index contributed by atoms with van der Waals surface area (Å²) in [6.45, 7) is 8.65. The fraction of sp³-hybridized carbons (Fsp3) is 0.379. The molecule has 11 heteroatoms. The number of aryl methyl sites for hydroxylation is 1. The summed E-state index contributed by atoms with van der Waals surface area (Å²) >= 11 is 1.81. The lowest BCUT2D eigenvalue weighted by molar-refractivity contribution is 0.188. The molecule has 0 amide bonds. The van der Waals surface area contributed by atoms with Gasteiger partial charge in [0.05, 0.1) is 19.0 Å². The van der Waals surface area contributed by atoms with E-state index in [1.54, 1.807) is 16.8 Å². The van der Waals surface area contributed by atoms with Crippen molar-refractivity contribution in [3.05, 3.63) is 66.1 Å². The number of rotatable bonds is 10. The van der Waals surface area contributed by atoms with E-state index in [2.05, 4.69) is 62.5 Å². The van der Waals surface area contributed by atoms with Crippen LogP contribution in [0.4, 0.5) is 20.3 Å². The van der Waals surface area contributed by atoms with E-state index >= 15 is 0 Å².